The first kappa shape index (κ1) is 16.1. The lowest BCUT2D eigenvalue weighted by molar-refractivity contribution is 0.100. The van der Waals surface area contributed by atoms with Crippen LogP contribution in [0.1, 0.15) is 27.2 Å². The van der Waals surface area contributed by atoms with Crippen LogP contribution in [0.25, 0.3) is 11.3 Å². The Bertz CT molecular complexity index is 1000. The Hall–Kier alpha value is -3.72. The van der Waals surface area contributed by atoms with Crippen LogP contribution in [-0.4, -0.2) is 20.9 Å². The maximum atomic E-state index is 11.4. The van der Waals surface area contributed by atoms with Crippen LogP contribution in [0.4, 0.5) is 5.95 Å². The third-order valence-electron chi connectivity index (χ3n) is 3.52. The molecule has 0 unspecified atom stereocenters. The van der Waals surface area contributed by atoms with Crippen molar-refractivity contribution in [1.29, 1.82) is 0 Å². The Labute approximate surface area is 145 Å². The minimum atomic E-state index is -0.511. The van der Waals surface area contributed by atoms with Crippen LogP contribution in [0, 0.1) is 18.8 Å². The molecular weight excluding hydrogens is 314 g/mol. The number of primary amides is 1. The van der Waals surface area contributed by atoms with E-state index in [1.54, 1.807) is 30.6 Å². The number of amides is 1. The van der Waals surface area contributed by atoms with Gasteiger partial charge in [-0.2, -0.15) is 0 Å². The third kappa shape index (κ3) is 3.62. The van der Waals surface area contributed by atoms with E-state index in [1.165, 1.54) is 0 Å². The minimum absolute atomic E-state index is 0.143. The normalized spacial score (nSPS) is 9.96. The number of nitrogens with two attached hydrogens (primary N) is 2. The summed E-state index contributed by atoms with van der Waals surface area (Å²) in [7, 11) is 0. The van der Waals surface area contributed by atoms with Gasteiger partial charge in [-0.05, 0) is 31.2 Å². The van der Waals surface area contributed by atoms with E-state index in [0.717, 1.165) is 5.56 Å². The van der Waals surface area contributed by atoms with Gasteiger partial charge in [0.2, 0.25) is 11.9 Å². The Morgan fingerprint density at radius 1 is 1.12 bits per heavy atom. The number of rotatable bonds is 2. The fraction of sp³-hybridized carbons (Fsp3) is 0.0526. The monoisotopic (exact) mass is 329 g/mol. The van der Waals surface area contributed by atoms with Gasteiger partial charge in [-0.1, -0.05) is 24.0 Å². The summed E-state index contributed by atoms with van der Waals surface area (Å²) >= 11 is 0. The zero-order valence-corrected chi connectivity index (χ0v) is 13.5. The number of anilines is 1. The molecule has 0 fully saturated rings. The van der Waals surface area contributed by atoms with Crippen LogP contribution in [0.15, 0.2) is 48.8 Å². The van der Waals surface area contributed by atoms with E-state index in [2.05, 4.69) is 26.8 Å². The summed E-state index contributed by atoms with van der Waals surface area (Å²) < 4.78 is 0. The molecule has 3 aromatic rings. The molecule has 0 aliphatic carbocycles. The van der Waals surface area contributed by atoms with Gasteiger partial charge >= 0.3 is 0 Å². The van der Waals surface area contributed by atoms with Gasteiger partial charge in [-0.25, -0.2) is 9.97 Å². The quantitative estimate of drug-likeness (QED) is 0.698. The molecule has 1 aromatic carbocycles. The van der Waals surface area contributed by atoms with E-state index < -0.39 is 5.91 Å². The molecule has 0 atom stereocenters. The highest BCUT2D eigenvalue weighted by Crippen LogP contribution is 2.24. The SMILES string of the molecule is Cc1nc(N)nc(-c2cccc(C(N)=O)c2)c1C#Cc1cccnc1. The second-order valence-electron chi connectivity index (χ2n) is 5.33. The van der Waals surface area contributed by atoms with Crippen molar-refractivity contribution >= 4 is 11.9 Å². The molecule has 0 radical (unpaired) electrons. The van der Waals surface area contributed by atoms with E-state index in [0.29, 0.717) is 28.1 Å². The van der Waals surface area contributed by atoms with E-state index >= 15 is 0 Å². The molecule has 0 bridgehead atoms. The number of benzene rings is 1. The molecule has 0 aliphatic rings. The summed E-state index contributed by atoms with van der Waals surface area (Å²) in [4.78, 5) is 24.0. The number of pyridine rings is 1. The molecule has 0 spiro atoms. The molecular formula is C19H15N5O. The lowest BCUT2D eigenvalue weighted by atomic mass is 10.0. The van der Waals surface area contributed by atoms with Crippen molar-refractivity contribution < 1.29 is 4.79 Å². The van der Waals surface area contributed by atoms with Crippen LogP contribution in [0.3, 0.4) is 0 Å². The number of nitrogen functional groups attached to an aromatic ring is 1. The van der Waals surface area contributed by atoms with E-state index in [-0.39, 0.29) is 5.95 Å². The number of hydrogen-bond donors (Lipinski definition) is 2. The lowest BCUT2D eigenvalue weighted by Gasteiger charge is -2.08. The van der Waals surface area contributed by atoms with Gasteiger partial charge < -0.3 is 11.5 Å². The molecule has 3 rings (SSSR count). The topological polar surface area (TPSA) is 108 Å². The van der Waals surface area contributed by atoms with Crippen LogP contribution in [-0.2, 0) is 0 Å². The number of aryl methyl sites for hydroxylation is 1. The van der Waals surface area contributed by atoms with Gasteiger partial charge in [-0.15, -0.1) is 0 Å². The first-order chi connectivity index (χ1) is 12.0. The molecule has 0 saturated carbocycles. The van der Waals surface area contributed by atoms with Gasteiger partial charge in [0.1, 0.15) is 0 Å². The van der Waals surface area contributed by atoms with Crippen LogP contribution in [0.2, 0.25) is 0 Å². The molecule has 1 amide bonds. The first-order valence-corrected chi connectivity index (χ1v) is 7.51. The fourth-order valence-corrected chi connectivity index (χ4v) is 2.34. The molecule has 2 heterocycles. The summed E-state index contributed by atoms with van der Waals surface area (Å²) in [6.45, 7) is 1.81. The van der Waals surface area contributed by atoms with Gasteiger partial charge in [0.15, 0.2) is 0 Å². The van der Waals surface area contributed by atoms with Crippen molar-refractivity contribution in [2.75, 3.05) is 5.73 Å². The van der Waals surface area contributed by atoms with Crippen molar-refractivity contribution in [1.82, 2.24) is 15.0 Å². The predicted molar refractivity (Wildman–Crippen MR) is 95.4 cm³/mol. The molecule has 25 heavy (non-hydrogen) atoms. The lowest BCUT2D eigenvalue weighted by Crippen LogP contribution is -2.11. The highest BCUT2D eigenvalue weighted by Gasteiger charge is 2.12. The third-order valence-corrected chi connectivity index (χ3v) is 3.52. The molecule has 0 aliphatic heterocycles. The Morgan fingerprint density at radius 3 is 2.68 bits per heavy atom. The smallest absolute Gasteiger partial charge is 0.248 e. The van der Waals surface area contributed by atoms with Crippen molar-refractivity contribution in [3.63, 3.8) is 0 Å². The zero-order chi connectivity index (χ0) is 17.8. The summed E-state index contributed by atoms with van der Waals surface area (Å²) in [6, 6.07) is 10.5. The number of carbonyl (C=O) groups excluding carboxylic acids is 1. The second kappa shape index (κ2) is 6.81. The fourth-order valence-electron chi connectivity index (χ4n) is 2.34. The van der Waals surface area contributed by atoms with Crippen molar-refractivity contribution in [3.05, 3.63) is 71.2 Å². The number of nitrogens with zero attached hydrogens (tertiary/aromatic N) is 3. The average molecular weight is 329 g/mol. The van der Waals surface area contributed by atoms with E-state index in [1.807, 2.05) is 25.1 Å². The molecule has 6 heteroatoms. The first-order valence-electron chi connectivity index (χ1n) is 7.51. The summed E-state index contributed by atoms with van der Waals surface area (Å²) in [5.41, 5.74) is 14.9. The Balaban J connectivity index is 2.16. The van der Waals surface area contributed by atoms with Gasteiger partial charge in [0.25, 0.3) is 0 Å². The zero-order valence-electron chi connectivity index (χ0n) is 13.5. The average Bonchev–Trinajstić information content (AvgIpc) is 2.61. The number of carbonyl (C=O) groups is 1. The standard InChI is InChI=1S/C19H15N5O/c1-12-16(8-7-13-4-3-9-22-11-13)17(24-19(21)23-12)14-5-2-6-15(10-14)18(20)25/h2-6,9-11H,1H3,(H2,20,25)(H2,21,23,24). The molecule has 6 nitrogen and oxygen atoms in total. The summed E-state index contributed by atoms with van der Waals surface area (Å²) in [5, 5.41) is 0. The van der Waals surface area contributed by atoms with Crippen molar-refractivity contribution in [3.8, 4) is 23.1 Å². The second-order valence-corrected chi connectivity index (χ2v) is 5.33. The maximum Gasteiger partial charge on any atom is 0.248 e. The summed E-state index contributed by atoms with van der Waals surface area (Å²) in [5.74, 6) is 5.76. The van der Waals surface area contributed by atoms with Crippen molar-refractivity contribution in [2.45, 2.75) is 6.92 Å². The largest absolute Gasteiger partial charge is 0.368 e. The maximum absolute atomic E-state index is 11.4. The van der Waals surface area contributed by atoms with Gasteiger partial charge in [-0.3, -0.25) is 9.78 Å². The van der Waals surface area contributed by atoms with Crippen LogP contribution in [0.5, 0.6) is 0 Å². The minimum Gasteiger partial charge on any atom is -0.368 e. The van der Waals surface area contributed by atoms with Gasteiger partial charge in [0.05, 0.1) is 17.0 Å². The Morgan fingerprint density at radius 2 is 1.96 bits per heavy atom. The highest BCUT2D eigenvalue weighted by atomic mass is 16.1. The highest BCUT2D eigenvalue weighted by molar-refractivity contribution is 5.94. The van der Waals surface area contributed by atoms with Gasteiger partial charge in [0, 0.05) is 29.1 Å². The molecule has 4 N–H and O–H groups in total. The summed E-state index contributed by atoms with van der Waals surface area (Å²) in [6.07, 6.45) is 3.36. The number of hydrogen-bond acceptors (Lipinski definition) is 5. The van der Waals surface area contributed by atoms with Crippen LogP contribution >= 0.6 is 0 Å². The Kier molecular flexibility index (Phi) is 4.40. The van der Waals surface area contributed by atoms with Crippen molar-refractivity contribution in [2.24, 2.45) is 5.73 Å². The number of aromatic nitrogens is 3. The molecule has 122 valence electrons. The van der Waals surface area contributed by atoms with E-state index in [9.17, 15) is 4.79 Å². The van der Waals surface area contributed by atoms with Crippen LogP contribution < -0.4 is 11.5 Å². The predicted octanol–water partition coefficient (Wildman–Crippen LogP) is 1.93. The molecule has 2 aromatic heterocycles. The molecule has 0 saturated heterocycles. The van der Waals surface area contributed by atoms with E-state index in [4.69, 9.17) is 11.5 Å².